The minimum absolute atomic E-state index is 0.0270. The van der Waals surface area contributed by atoms with Gasteiger partial charge in [0.05, 0.1) is 7.11 Å². The quantitative estimate of drug-likeness (QED) is 0.682. The van der Waals surface area contributed by atoms with Crippen LogP contribution in [0, 0.1) is 6.92 Å². The summed E-state index contributed by atoms with van der Waals surface area (Å²) in [6.45, 7) is 2.97. The summed E-state index contributed by atoms with van der Waals surface area (Å²) >= 11 is 0. The molecule has 0 N–H and O–H groups in total. The molecule has 1 unspecified atom stereocenters. The molecule has 0 aromatic heterocycles. The number of alkyl halides is 7. The first-order valence-corrected chi connectivity index (χ1v) is 7.40. The molecule has 26 heavy (non-hydrogen) atoms. The normalized spacial score (nSPS) is 14.1. The van der Waals surface area contributed by atoms with Crippen molar-refractivity contribution in [3.8, 4) is 5.75 Å². The topological polar surface area (TPSA) is 29.5 Å². The second-order valence-corrected chi connectivity index (χ2v) is 5.92. The zero-order valence-electron chi connectivity index (χ0n) is 14.4. The number of amides is 1. The Kier molecular flexibility index (Phi) is 6.20. The molecule has 0 spiro atoms. The Bertz CT molecular complexity index is 658. The SMILES string of the molecule is COc1ccc(CC(C)N(C)C(=O)C(F)(F)C(F)(F)C(F)(F)F)cc1C. The van der Waals surface area contributed by atoms with E-state index in [0.717, 1.165) is 7.05 Å². The molecule has 1 aromatic rings. The first kappa shape index (κ1) is 22.0. The number of benzene rings is 1. The first-order chi connectivity index (χ1) is 11.7. The molecule has 0 heterocycles. The number of aryl methyl sites for hydroxylation is 1. The van der Waals surface area contributed by atoms with E-state index in [2.05, 4.69) is 0 Å². The Morgan fingerprint density at radius 2 is 1.69 bits per heavy atom. The van der Waals surface area contributed by atoms with Gasteiger partial charge in [0.2, 0.25) is 0 Å². The molecule has 1 aromatic carbocycles. The van der Waals surface area contributed by atoms with E-state index in [0.29, 0.717) is 16.9 Å². The van der Waals surface area contributed by atoms with Gasteiger partial charge in [-0.05, 0) is 37.5 Å². The Balaban J connectivity index is 2.98. The van der Waals surface area contributed by atoms with Crippen molar-refractivity contribution in [2.24, 2.45) is 0 Å². The van der Waals surface area contributed by atoms with Gasteiger partial charge >= 0.3 is 18.0 Å². The van der Waals surface area contributed by atoms with Crippen LogP contribution in [0.5, 0.6) is 5.75 Å². The van der Waals surface area contributed by atoms with E-state index >= 15 is 0 Å². The molecule has 1 atom stereocenters. The fourth-order valence-corrected chi connectivity index (χ4v) is 2.28. The van der Waals surface area contributed by atoms with Gasteiger partial charge in [-0.15, -0.1) is 0 Å². The third kappa shape index (κ3) is 4.04. The van der Waals surface area contributed by atoms with Gasteiger partial charge in [0.15, 0.2) is 0 Å². The number of ether oxygens (including phenoxy) is 1. The summed E-state index contributed by atoms with van der Waals surface area (Å²) in [7, 11) is 2.20. The monoisotopic (exact) mass is 389 g/mol. The number of carbonyl (C=O) groups is 1. The number of carbonyl (C=O) groups excluding carboxylic acids is 1. The van der Waals surface area contributed by atoms with Gasteiger partial charge in [-0.25, -0.2) is 0 Å². The maximum atomic E-state index is 13.5. The lowest BCUT2D eigenvalue weighted by Crippen LogP contribution is -2.60. The van der Waals surface area contributed by atoms with Crippen LogP contribution in [0.1, 0.15) is 18.1 Å². The molecular formula is C16H18F7NO2. The third-order valence-electron chi connectivity index (χ3n) is 3.99. The summed E-state index contributed by atoms with van der Waals surface area (Å²) in [6, 6.07) is 3.75. The standard InChI is InChI=1S/C16H18F7NO2/c1-9-7-11(5-6-12(9)26-4)8-10(2)24(3)13(25)14(17,18)15(19,20)16(21,22)23/h5-7,10H,8H2,1-4H3. The molecule has 3 nitrogen and oxygen atoms in total. The van der Waals surface area contributed by atoms with Crippen molar-refractivity contribution in [2.45, 2.75) is 44.3 Å². The van der Waals surface area contributed by atoms with Gasteiger partial charge in [0.25, 0.3) is 5.91 Å². The van der Waals surface area contributed by atoms with Crippen molar-refractivity contribution in [2.75, 3.05) is 14.2 Å². The highest BCUT2D eigenvalue weighted by molar-refractivity contribution is 5.85. The smallest absolute Gasteiger partial charge is 0.460 e. The lowest BCUT2D eigenvalue weighted by atomic mass is 10.0. The van der Waals surface area contributed by atoms with E-state index in [9.17, 15) is 35.5 Å². The Morgan fingerprint density at radius 3 is 2.12 bits per heavy atom. The van der Waals surface area contributed by atoms with Crippen LogP contribution < -0.4 is 4.74 Å². The van der Waals surface area contributed by atoms with Gasteiger partial charge in [0.1, 0.15) is 5.75 Å². The summed E-state index contributed by atoms with van der Waals surface area (Å²) in [4.78, 5) is 11.8. The summed E-state index contributed by atoms with van der Waals surface area (Å²) in [5.41, 5.74) is 1.28. The van der Waals surface area contributed by atoms with Gasteiger partial charge < -0.3 is 9.64 Å². The number of rotatable bonds is 6. The van der Waals surface area contributed by atoms with Crippen LogP contribution in [0.25, 0.3) is 0 Å². The molecule has 0 radical (unpaired) electrons. The molecule has 0 aliphatic carbocycles. The highest BCUT2D eigenvalue weighted by Gasteiger charge is 2.76. The summed E-state index contributed by atoms with van der Waals surface area (Å²) < 4.78 is 94.7. The average Bonchev–Trinajstić information content (AvgIpc) is 2.52. The molecule has 0 aliphatic rings. The fourth-order valence-electron chi connectivity index (χ4n) is 2.28. The lowest BCUT2D eigenvalue weighted by Gasteiger charge is -2.33. The van der Waals surface area contributed by atoms with Gasteiger partial charge in [0, 0.05) is 13.1 Å². The molecule has 1 rings (SSSR count). The average molecular weight is 389 g/mol. The number of hydrogen-bond donors (Lipinski definition) is 0. The molecule has 10 heteroatoms. The van der Waals surface area contributed by atoms with Crippen LogP contribution in [-0.2, 0) is 11.2 Å². The van der Waals surface area contributed by atoms with E-state index in [1.807, 2.05) is 0 Å². The van der Waals surface area contributed by atoms with Crippen LogP contribution in [0.2, 0.25) is 0 Å². The van der Waals surface area contributed by atoms with Crippen molar-refractivity contribution < 1.29 is 40.3 Å². The fraction of sp³-hybridized carbons (Fsp3) is 0.562. The number of likely N-dealkylation sites (N-methyl/N-ethyl adjacent to an activating group) is 1. The second kappa shape index (κ2) is 7.32. The summed E-state index contributed by atoms with van der Waals surface area (Å²) in [6.07, 6.45) is -6.58. The van der Waals surface area contributed by atoms with Crippen LogP contribution in [-0.4, -0.2) is 49.0 Å². The number of halogens is 7. The molecule has 0 bridgehead atoms. The first-order valence-electron chi connectivity index (χ1n) is 7.40. The minimum Gasteiger partial charge on any atom is -0.496 e. The second-order valence-electron chi connectivity index (χ2n) is 5.92. The van der Waals surface area contributed by atoms with Gasteiger partial charge in [-0.1, -0.05) is 12.1 Å². The molecule has 0 saturated carbocycles. The Hall–Kier alpha value is -2.00. The largest absolute Gasteiger partial charge is 0.496 e. The zero-order valence-corrected chi connectivity index (χ0v) is 14.4. The number of hydrogen-bond acceptors (Lipinski definition) is 2. The zero-order chi connectivity index (χ0) is 20.5. The number of nitrogens with zero attached hydrogens (tertiary/aromatic N) is 1. The van der Waals surface area contributed by atoms with E-state index in [4.69, 9.17) is 4.74 Å². The molecule has 0 saturated heterocycles. The van der Waals surface area contributed by atoms with Gasteiger partial charge in [-0.2, -0.15) is 30.7 Å². The van der Waals surface area contributed by atoms with E-state index in [1.54, 1.807) is 25.1 Å². The summed E-state index contributed by atoms with van der Waals surface area (Å²) in [5.74, 6) is -14.4. The van der Waals surface area contributed by atoms with Crippen LogP contribution >= 0.6 is 0 Å². The lowest BCUT2D eigenvalue weighted by molar-refractivity contribution is -0.346. The predicted octanol–water partition coefficient (Wildman–Crippen LogP) is 4.23. The molecule has 0 fully saturated rings. The van der Waals surface area contributed by atoms with Crippen molar-refractivity contribution in [3.05, 3.63) is 29.3 Å². The maximum absolute atomic E-state index is 13.5. The van der Waals surface area contributed by atoms with Crippen LogP contribution in [0.4, 0.5) is 30.7 Å². The molecule has 0 aliphatic heterocycles. The van der Waals surface area contributed by atoms with Crippen LogP contribution in [0.15, 0.2) is 18.2 Å². The predicted molar refractivity (Wildman–Crippen MR) is 79.6 cm³/mol. The third-order valence-corrected chi connectivity index (χ3v) is 3.99. The minimum atomic E-state index is -6.55. The van der Waals surface area contributed by atoms with Crippen molar-refractivity contribution in [1.29, 1.82) is 0 Å². The Morgan fingerprint density at radius 1 is 1.15 bits per heavy atom. The number of methoxy groups -OCH3 is 1. The van der Waals surface area contributed by atoms with Crippen molar-refractivity contribution in [3.63, 3.8) is 0 Å². The highest BCUT2D eigenvalue weighted by atomic mass is 19.4. The molecule has 1 amide bonds. The van der Waals surface area contributed by atoms with Crippen LogP contribution in [0.3, 0.4) is 0 Å². The molecular weight excluding hydrogens is 371 g/mol. The summed E-state index contributed by atoms with van der Waals surface area (Å²) in [5, 5.41) is 0. The Labute approximate surface area is 145 Å². The van der Waals surface area contributed by atoms with E-state index < -0.39 is 30.0 Å². The van der Waals surface area contributed by atoms with Crippen molar-refractivity contribution >= 4 is 5.91 Å². The van der Waals surface area contributed by atoms with E-state index in [1.165, 1.54) is 14.0 Å². The van der Waals surface area contributed by atoms with E-state index in [-0.39, 0.29) is 11.3 Å². The van der Waals surface area contributed by atoms with Crippen molar-refractivity contribution in [1.82, 2.24) is 4.90 Å². The molecule has 148 valence electrons. The maximum Gasteiger partial charge on any atom is 0.460 e. The van der Waals surface area contributed by atoms with Gasteiger partial charge in [-0.3, -0.25) is 4.79 Å². The highest BCUT2D eigenvalue weighted by Crippen LogP contribution is 2.47.